The summed E-state index contributed by atoms with van der Waals surface area (Å²) in [6.45, 7) is 6.74. The van der Waals surface area contributed by atoms with E-state index in [0.29, 0.717) is 24.4 Å². The summed E-state index contributed by atoms with van der Waals surface area (Å²) in [7, 11) is 1.34. The lowest BCUT2D eigenvalue weighted by Crippen LogP contribution is -2.37. The van der Waals surface area contributed by atoms with Gasteiger partial charge in [-0.2, -0.15) is 0 Å². The topological polar surface area (TPSA) is 79.3 Å². The van der Waals surface area contributed by atoms with E-state index < -0.39 is 29.3 Å². The van der Waals surface area contributed by atoms with Crippen LogP contribution in [0.3, 0.4) is 0 Å². The number of ketones is 1. The van der Waals surface area contributed by atoms with Crippen LogP contribution < -0.4 is 9.47 Å². The molecule has 0 bridgehead atoms. The summed E-state index contributed by atoms with van der Waals surface area (Å²) in [5.41, 5.74) is 0.710. The molecular weight excluding hydrogens is 451 g/mol. The average Bonchev–Trinajstić information content (AvgIpc) is 3.44. The molecule has 0 aromatic heterocycles. The van der Waals surface area contributed by atoms with Crippen LogP contribution in [0.4, 0.5) is 4.39 Å². The van der Waals surface area contributed by atoms with E-state index in [9.17, 15) is 19.1 Å². The van der Waals surface area contributed by atoms with Crippen LogP contribution >= 0.6 is 0 Å². The second-order valence-electron chi connectivity index (χ2n) is 9.13. The Bertz CT molecular complexity index is 1120. The zero-order valence-corrected chi connectivity index (χ0v) is 20.3. The van der Waals surface area contributed by atoms with Gasteiger partial charge < -0.3 is 24.4 Å². The average molecular weight is 483 g/mol. The Kier molecular flexibility index (Phi) is 7.40. The van der Waals surface area contributed by atoms with Crippen molar-refractivity contribution in [1.82, 2.24) is 9.80 Å². The lowest BCUT2D eigenvalue weighted by Gasteiger charge is -2.27. The standard InChI is InChI=1S/C27H31FN2O5/c1-17(2)35-20-9-6-18(7-10-20)24-23(25(31)19-8-11-22(34-3)21(28)16-19)26(32)27(33)30(24)15-14-29-12-4-5-13-29/h6-11,16-17,24,31H,4-5,12-15H2,1-3H3/b25-23+. The van der Waals surface area contributed by atoms with E-state index in [1.165, 1.54) is 24.1 Å². The van der Waals surface area contributed by atoms with Gasteiger partial charge in [0.15, 0.2) is 11.6 Å². The molecule has 0 aliphatic carbocycles. The van der Waals surface area contributed by atoms with Crippen molar-refractivity contribution in [3.8, 4) is 11.5 Å². The number of nitrogens with zero attached hydrogens (tertiary/aromatic N) is 2. The normalized spacial score (nSPS) is 20.1. The third kappa shape index (κ3) is 5.17. The molecular formula is C27H31FN2O5. The van der Waals surface area contributed by atoms with Gasteiger partial charge in [0, 0.05) is 18.7 Å². The summed E-state index contributed by atoms with van der Waals surface area (Å²) >= 11 is 0. The second kappa shape index (κ2) is 10.5. The van der Waals surface area contributed by atoms with Gasteiger partial charge in [-0.15, -0.1) is 0 Å². The highest BCUT2D eigenvalue weighted by molar-refractivity contribution is 6.46. The minimum atomic E-state index is -0.795. The number of benzene rings is 2. The Morgan fingerprint density at radius 2 is 1.77 bits per heavy atom. The maximum atomic E-state index is 14.4. The van der Waals surface area contributed by atoms with Gasteiger partial charge in [0.2, 0.25) is 0 Å². The second-order valence-corrected chi connectivity index (χ2v) is 9.13. The first-order valence-corrected chi connectivity index (χ1v) is 11.9. The zero-order chi connectivity index (χ0) is 25.1. The minimum Gasteiger partial charge on any atom is -0.507 e. The molecule has 8 heteroatoms. The maximum absolute atomic E-state index is 14.4. The molecule has 2 aliphatic rings. The highest BCUT2D eigenvalue weighted by atomic mass is 19.1. The van der Waals surface area contributed by atoms with Gasteiger partial charge in [0.25, 0.3) is 11.7 Å². The smallest absolute Gasteiger partial charge is 0.295 e. The number of likely N-dealkylation sites (tertiary alicyclic amines) is 2. The number of hydrogen-bond acceptors (Lipinski definition) is 6. The van der Waals surface area contributed by atoms with Gasteiger partial charge in [-0.3, -0.25) is 9.59 Å². The summed E-state index contributed by atoms with van der Waals surface area (Å²) in [6, 6.07) is 10.3. The Labute approximate surface area is 204 Å². The van der Waals surface area contributed by atoms with Gasteiger partial charge >= 0.3 is 0 Å². The molecule has 0 spiro atoms. The molecule has 35 heavy (non-hydrogen) atoms. The highest BCUT2D eigenvalue weighted by Crippen LogP contribution is 2.40. The largest absolute Gasteiger partial charge is 0.507 e. The molecule has 0 radical (unpaired) electrons. The molecule has 2 aromatic carbocycles. The molecule has 186 valence electrons. The van der Waals surface area contributed by atoms with Crippen molar-refractivity contribution in [2.45, 2.75) is 38.8 Å². The van der Waals surface area contributed by atoms with E-state index in [4.69, 9.17) is 9.47 Å². The number of carbonyl (C=O) groups is 2. The van der Waals surface area contributed by atoms with Crippen LogP contribution in [0.25, 0.3) is 5.76 Å². The molecule has 2 aliphatic heterocycles. The van der Waals surface area contributed by atoms with Crippen molar-refractivity contribution < 1.29 is 28.6 Å². The Morgan fingerprint density at radius 1 is 1.09 bits per heavy atom. The van der Waals surface area contributed by atoms with Crippen LogP contribution in [0.1, 0.15) is 43.9 Å². The van der Waals surface area contributed by atoms with Gasteiger partial charge in [-0.05, 0) is 75.7 Å². The third-order valence-electron chi connectivity index (χ3n) is 6.39. The van der Waals surface area contributed by atoms with Gasteiger partial charge in [-0.1, -0.05) is 12.1 Å². The molecule has 0 saturated carbocycles. The van der Waals surface area contributed by atoms with Crippen LogP contribution in [-0.2, 0) is 9.59 Å². The highest BCUT2D eigenvalue weighted by Gasteiger charge is 2.46. The SMILES string of the molecule is COc1ccc(/C(O)=C2\C(=O)C(=O)N(CCN3CCCC3)C2c2ccc(OC(C)C)cc2)cc1F. The van der Waals surface area contributed by atoms with E-state index >= 15 is 0 Å². The van der Waals surface area contributed by atoms with E-state index in [1.54, 1.807) is 24.3 Å². The van der Waals surface area contributed by atoms with E-state index in [0.717, 1.165) is 32.0 Å². The number of hydrogen-bond donors (Lipinski definition) is 1. The monoisotopic (exact) mass is 482 g/mol. The molecule has 1 N–H and O–H groups in total. The number of aliphatic hydroxyl groups excluding tert-OH is 1. The molecule has 2 heterocycles. The molecule has 1 atom stereocenters. The van der Waals surface area contributed by atoms with E-state index in [1.807, 2.05) is 13.8 Å². The summed E-state index contributed by atoms with van der Waals surface area (Å²) < 4.78 is 25.0. The zero-order valence-electron chi connectivity index (χ0n) is 20.3. The first-order chi connectivity index (χ1) is 16.8. The fourth-order valence-electron chi connectivity index (χ4n) is 4.68. The van der Waals surface area contributed by atoms with Gasteiger partial charge in [0.1, 0.15) is 11.5 Å². The lowest BCUT2D eigenvalue weighted by atomic mass is 9.95. The fraction of sp³-hybridized carbons (Fsp3) is 0.407. The number of amides is 1. The number of halogens is 1. The number of aliphatic hydroxyl groups is 1. The summed E-state index contributed by atoms with van der Waals surface area (Å²) in [5.74, 6) is -1.87. The molecule has 1 amide bonds. The predicted octanol–water partition coefficient (Wildman–Crippen LogP) is 4.14. The van der Waals surface area contributed by atoms with Crippen molar-refractivity contribution in [2.24, 2.45) is 0 Å². The summed E-state index contributed by atoms with van der Waals surface area (Å²) in [6.07, 6.45) is 2.22. The van der Waals surface area contributed by atoms with Crippen molar-refractivity contribution in [3.63, 3.8) is 0 Å². The molecule has 1 unspecified atom stereocenters. The molecule has 2 fully saturated rings. The Balaban J connectivity index is 1.75. The lowest BCUT2D eigenvalue weighted by molar-refractivity contribution is -0.140. The van der Waals surface area contributed by atoms with Crippen molar-refractivity contribution in [2.75, 3.05) is 33.3 Å². The first kappa shape index (κ1) is 24.7. The van der Waals surface area contributed by atoms with Crippen LogP contribution in [-0.4, -0.2) is 66.0 Å². The van der Waals surface area contributed by atoms with E-state index in [-0.39, 0.29) is 23.0 Å². The minimum absolute atomic E-state index is 0.00286. The first-order valence-electron chi connectivity index (χ1n) is 11.9. The molecule has 2 saturated heterocycles. The summed E-state index contributed by atoms with van der Waals surface area (Å²) in [4.78, 5) is 30.0. The molecule has 7 nitrogen and oxygen atoms in total. The van der Waals surface area contributed by atoms with Crippen LogP contribution in [0.5, 0.6) is 11.5 Å². The third-order valence-corrected chi connectivity index (χ3v) is 6.39. The van der Waals surface area contributed by atoms with Crippen LogP contribution in [0, 0.1) is 5.82 Å². The quantitative estimate of drug-likeness (QED) is 0.346. The summed E-state index contributed by atoms with van der Waals surface area (Å²) in [5, 5.41) is 11.1. The van der Waals surface area contributed by atoms with Crippen molar-refractivity contribution in [1.29, 1.82) is 0 Å². The number of rotatable bonds is 8. The van der Waals surface area contributed by atoms with Crippen molar-refractivity contribution in [3.05, 3.63) is 65.0 Å². The van der Waals surface area contributed by atoms with Crippen LogP contribution in [0.2, 0.25) is 0 Å². The maximum Gasteiger partial charge on any atom is 0.295 e. The van der Waals surface area contributed by atoms with E-state index in [2.05, 4.69) is 4.90 Å². The number of carbonyl (C=O) groups excluding carboxylic acids is 2. The van der Waals surface area contributed by atoms with Crippen molar-refractivity contribution >= 4 is 17.4 Å². The number of methoxy groups -OCH3 is 1. The van der Waals surface area contributed by atoms with Crippen LogP contribution in [0.15, 0.2) is 48.0 Å². The predicted molar refractivity (Wildman–Crippen MR) is 130 cm³/mol. The number of Topliss-reactive ketones (excluding diaryl/α,β-unsaturated/α-hetero) is 1. The Hall–Kier alpha value is -3.39. The number of ether oxygens (including phenoxy) is 2. The molecule has 4 rings (SSSR count). The van der Waals surface area contributed by atoms with Gasteiger partial charge in [-0.25, -0.2) is 4.39 Å². The van der Waals surface area contributed by atoms with Gasteiger partial charge in [0.05, 0.1) is 24.8 Å². The fourth-order valence-corrected chi connectivity index (χ4v) is 4.68. The molecule has 2 aromatic rings. The Morgan fingerprint density at radius 3 is 2.37 bits per heavy atom.